The molecular weight excluding hydrogens is 422 g/mol. The Morgan fingerprint density at radius 2 is 1.47 bits per heavy atom. The highest BCUT2D eigenvalue weighted by Gasteiger charge is 2.08. The molecule has 0 spiro atoms. The van der Waals surface area contributed by atoms with Gasteiger partial charge in [-0.15, -0.1) is 0 Å². The number of hydrogen-bond acceptors (Lipinski definition) is 4. The van der Waals surface area contributed by atoms with E-state index in [-0.39, 0.29) is 10.8 Å². The summed E-state index contributed by atoms with van der Waals surface area (Å²) >= 11 is 0. The molecule has 0 saturated heterocycles. The third kappa shape index (κ3) is 7.30. The fourth-order valence-corrected chi connectivity index (χ4v) is 3.91. The van der Waals surface area contributed by atoms with E-state index in [4.69, 9.17) is 5.14 Å². The molecule has 7 heteroatoms. The lowest BCUT2D eigenvalue weighted by Gasteiger charge is -2.17. The first-order valence-electron chi connectivity index (χ1n) is 10.5. The monoisotopic (exact) mass is 451 g/mol. The molecule has 0 fully saturated rings. The van der Waals surface area contributed by atoms with E-state index >= 15 is 0 Å². The van der Waals surface area contributed by atoms with E-state index in [1.807, 2.05) is 25.2 Å². The molecule has 0 aliphatic carbocycles. The van der Waals surface area contributed by atoms with Crippen LogP contribution in [0.25, 0.3) is 11.1 Å². The van der Waals surface area contributed by atoms with Crippen LogP contribution in [0.1, 0.15) is 17.5 Å². The molecule has 1 amide bonds. The molecule has 0 saturated carbocycles. The third-order valence-corrected chi connectivity index (χ3v) is 6.15. The first-order chi connectivity index (χ1) is 15.3. The van der Waals surface area contributed by atoms with Gasteiger partial charge in [0.1, 0.15) is 0 Å². The molecule has 0 unspecified atom stereocenters. The Morgan fingerprint density at radius 3 is 2.09 bits per heavy atom. The Morgan fingerprint density at radius 1 is 0.875 bits per heavy atom. The van der Waals surface area contributed by atoms with E-state index in [0.29, 0.717) is 25.9 Å². The Labute approximate surface area is 190 Å². The van der Waals surface area contributed by atoms with Gasteiger partial charge in [-0.3, -0.25) is 4.79 Å². The zero-order valence-electron chi connectivity index (χ0n) is 18.2. The predicted molar refractivity (Wildman–Crippen MR) is 127 cm³/mol. The van der Waals surface area contributed by atoms with Gasteiger partial charge in [0.2, 0.25) is 15.9 Å². The number of carbonyl (C=O) groups excluding carboxylic acids is 1. The van der Waals surface area contributed by atoms with Crippen molar-refractivity contribution < 1.29 is 13.2 Å². The summed E-state index contributed by atoms with van der Waals surface area (Å²) in [4.78, 5) is 14.4. The van der Waals surface area contributed by atoms with Crippen molar-refractivity contribution >= 4 is 15.9 Å². The molecule has 0 aliphatic rings. The first-order valence-corrected chi connectivity index (χ1v) is 12.1. The average molecular weight is 452 g/mol. The standard InChI is InChI=1S/C25H29N3O3S/c1-28(19-21-7-11-23(12-8-21)22-5-3-2-4-6-22)18-16-25(29)27-17-15-20-9-13-24(14-10-20)32(26,30)31/h2-14H,15-19H2,1H3,(H,27,29)(H2,26,30,31). The summed E-state index contributed by atoms with van der Waals surface area (Å²) in [5.41, 5.74) is 4.53. The lowest BCUT2D eigenvalue weighted by molar-refractivity contribution is -0.121. The van der Waals surface area contributed by atoms with Crippen molar-refractivity contribution in [3.63, 3.8) is 0 Å². The van der Waals surface area contributed by atoms with Gasteiger partial charge >= 0.3 is 0 Å². The van der Waals surface area contributed by atoms with Gasteiger partial charge in [0.25, 0.3) is 0 Å². The zero-order chi connectivity index (χ0) is 23.0. The molecule has 3 aromatic rings. The lowest BCUT2D eigenvalue weighted by atomic mass is 10.0. The number of hydrogen-bond donors (Lipinski definition) is 2. The van der Waals surface area contributed by atoms with Crippen LogP contribution in [0.15, 0.2) is 83.8 Å². The van der Waals surface area contributed by atoms with Crippen molar-refractivity contribution in [3.8, 4) is 11.1 Å². The summed E-state index contributed by atoms with van der Waals surface area (Å²) in [6.45, 7) is 1.94. The number of amides is 1. The normalized spacial score (nSPS) is 11.5. The number of sulfonamides is 1. The van der Waals surface area contributed by atoms with E-state index in [9.17, 15) is 13.2 Å². The SMILES string of the molecule is CN(CCC(=O)NCCc1ccc(S(N)(=O)=O)cc1)Cc1ccc(-c2ccccc2)cc1. The van der Waals surface area contributed by atoms with Gasteiger partial charge in [-0.2, -0.15) is 0 Å². The molecule has 32 heavy (non-hydrogen) atoms. The Balaban J connectivity index is 1.37. The summed E-state index contributed by atoms with van der Waals surface area (Å²) in [5, 5.41) is 8.01. The maximum Gasteiger partial charge on any atom is 0.238 e. The van der Waals surface area contributed by atoms with Gasteiger partial charge in [0.05, 0.1) is 4.90 Å². The fourth-order valence-electron chi connectivity index (χ4n) is 3.40. The second-order valence-corrected chi connectivity index (χ2v) is 9.40. The number of rotatable bonds is 10. The van der Waals surface area contributed by atoms with Crippen LogP contribution in [0, 0.1) is 0 Å². The van der Waals surface area contributed by atoms with Crippen LogP contribution in [0.5, 0.6) is 0 Å². The molecule has 3 aromatic carbocycles. The van der Waals surface area contributed by atoms with Crippen molar-refractivity contribution in [2.24, 2.45) is 5.14 Å². The van der Waals surface area contributed by atoms with Gasteiger partial charge in [-0.25, -0.2) is 13.6 Å². The minimum absolute atomic E-state index is 0.00238. The molecule has 0 heterocycles. The zero-order valence-corrected chi connectivity index (χ0v) is 19.0. The fraction of sp³-hybridized carbons (Fsp3) is 0.240. The molecule has 6 nitrogen and oxygen atoms in total. The van der Waals surface area contributed by atoms with Crippen LogP contribution < -0.4 is 10.5 Å². The average Bonchev–Trinajstić information content (AvgIpc) is 2.78. The first kappa shape index (κ1) is 23.7. The van der Waals surface area contributed by atoms with E-state index in [2.05, 4.69) is 46.6 Å². The number of nitrogens with zero attached hydrogens (tertiary/aromatic N) is 1. The molecule has 3 rings (SSSR count). The van der Waals surface area contributed by atoms with E-state index < -0.39 is 10.0 Å². The summed E-state index contributed by atoms with van der Waals surface area (Å²) in [7, 11) is -1.68. The van der Waals surface area contributed by atoms with Crippen LogP contribution in [-0.2, 0) is 27.8 Å². The highest BCUT2D eigenvalue weighted by atomic mass is 32.2. The smallest absolute Gasteiger partial charge is 0.238 e. The second-order valence-electron chi connectivity index (χ2n) is 7.84. The number of nitrogens with one attached hydrogen (secondary N) is 1. The van der Waals surface area contributed by atoms with Gasteiger partial charge in [-0.1, -0.05) is 66.7 Å². The Kier molecular flexibility index (Phi) is 8.16. The van der Waals surface area contributed by atoms with E-state index in [1.54, 1.807) is 12.1 Å². The van der Waals surface area contributed by atoms with Gasteiger partial charge < -0.3 is 10.2 Å². The molecule has 168 valence electrons. The summed E-state index contributed by atoms with van der Waals surface area (Å²) in [6, 6.07) is 25.2. The number of carbonyl (C=O) groups is 1. The van der Waals surface area contributed by atoms with E-state index in [1.165, 1.54) is 28.8 Å². The minimum Gasteiger partial charge on any atom is -0.356 e. The topological polar surface area (TPSA) is 92.5 Å². The maximum absolute atomic E-state index is 12.1. The summed E-state index contributed by atoms with van der Waals surface area (Å²) < 4.78 is 22.6. The molecular formula is C25H29N3O3S. The van der Waals surface area contributed by atoms with Crippen molar-refractivity contribution in [1.29, 1.82) is 0 Å². The largest absolute Gasteiger partial charge is 0.356 e. The molecule has 0 atom stereocenters. The van der Waals surface area contributed by atoms with Crippen molar-refractivity contribution in [2.75, 3.05) is 20.1 Å². The molecule has 0 radical (unpaired) electrons. The van der Waals surface area contributed by atoms with Crippen LogP contribution in [-0.4, -0.2) is 39.4 Å². The number of benzene rings is 3. The molecule has 0 aromatic heterocycles. The van der Waals surface area contributed by atoms with Crippen LogP contribution in [0.4, 0.5) is 0 Å². The molecule has 0 aliphatic heterocycles. The second kappa shape index (κ2) is 11.0. The highest BCUT2D eigenvalue weighted by Crippen LogP contribution is 2.19. The van der Waals surface area contributed by atoms with Gasteiger partial charge in [0, 0.05) is 26.1 Å². The lowest BCUT2D eigenvalue weighted by Crippen LogP contribution is -2.30. The van der Waals surface area contributed by atoms with Crippen LogP contribution in [0.2, 0.25) is 0 Å². The molecule has 0 bridgehead atoms. The third-order valence-electron chi connectivity index (χ3n) is 5.22. The van der Waals surface area contributed by atoms with Crippen LogP contribution >= 0.6 is 0 Å². The van der Waals surface area contributed by atoms with Crippen molar-refractivity contribution in [2.45, 2.75) is 24.3 Å². The van der Waals surface area contributed by atoms with Crippen molar-refractivity contribution in [1.82, 2.24) is 10.2 Å². The number of nitrogens with two attached hydrogens (primary N) is 1. The summed E-state index contributed by atoms with van der Waals surface area (Å²) in [5.74, 6) is -0.00238. The predicted octanol–water partition coefficient (Wildman–Crippen LogP) is 3.18. The summed E-state index contributed by atoms with van der Waals surface area (Å²) in [6.07, 6.45) is 1.04. The maximum atomic E-state index is 12.1. The highest BCUT2D eigenvalue weighted by molar-refractivity contribution is 7.89. The minimum atomic E-state index is -3.68. The van der Waals surface area contributed by atoms with Crippen molar-refractivity contribution in [3.05, 3.63) is 90.0 Å². The Bertz CT molecular complexity index is 1110. The quantitative estimate of drug-likeness (QED) is 0.495. The van der Waals surface area contributed by atoms with Gasteiger partial charge in [0.15, 0.2) is 0 Å². The van der Waals surface area contributed by atoms with E-state index in [0.717, 1.165) is 12.1 Å². The Hall–Kier alpha value is -3.00. The van der Waals surface area contributed by atoms with Crippen LogP contribution in [0.3, 0.4) is 0 Å². The number of primary sulfonamides is 1. The van der Waals surface area contributed by atoms with Gasteiger partial charge in [-0.05, 0) is 47.9 Å². The molecule has 3 N–H and O–H groups in total.